The second-order valence-electron chi connectivity index (χ2n) is 3.75. The molecular formula is C10H9F2NO2. The molecule has 1 aliphatic rings. The van der Waals surface area contributed by atoms with Crippen LogP contribution in [0.5, 0.6) is 0 Å². The van der Waals surface area contributed by atoms with Crippen molar-refractivity contribution in [3.8, 4) is 0 Å². The molecule has 1 fully saturated rings. The van der Waals surface area contributed by atoms with Crippen molar-refractivity contribution in [3.63, 3.8) is 0 Å². The van der Waals surface area contributed by atoms with Crippen molar-refractivity contribution in [1.29, 1.82) is 0 Å². The standard InChI is InChI=1S/C10H9F2NO2/c11-7-5(9(14)15)1-2-6(8(7)12)10(13)3-4-10/h1-2H,3-4,13H2,(H,14,15). The average molecular weight is 213 g/mol. The van der Waals surface area contributed by atoms with Gasteiger partial charge in [-0.05, 0) is 18.9 Å². The third-order valence-electron chi connectivity index (χ3n) is 2.64. The third kappa shape index (κ3) is 1.48. The summed E-state index contributed by atoms with van der Waals surface area (Å²) in [5.41, 5.74) is 4.30. The summed E-state index contributed by atoms with van der Waals surface area (Å²) < 4.78 is 26.7. The lowest BCUT2D eigenvalue weighted by molar-refractivity contribution is 0.0690. The molecule has 0 atom stereocenters. The molecule has 0 saturated heterocycles. The number of carbonyl (C=O) groups is 1. The number of nitrogens with two attached hydrogens (primary N) is 1. The molecule has 0 spiro atoms. The number of carboxylic acids is 1. The van der Waals surface area contributed by atoms with E-state index in [0.717, 1.165) is 6.07 Å². The van der Waals surface area contributed by atoms with E-state index in [0.29, 0.717) is 12.8 Å². The second kappa shape index (κ2) is 3.00. The molecule has 3 nitrogen and oxygen atoms in total. The Labute approximate surface area is 84.5 Å². The number of carboxylic acid groups (broad SMARTS) is 1. The minimum Gasteiger partial charge on any atom is -0.478 e. The van der Waals surface area contributed by atoms with Gasteiger partial charge in [-0.15, -0.1) is 0 Å². The molecule has 80 valence electrons. The molecule has 1 saturated carbocycles. The minimum atomic E-state index is -1.49. The Hall–Kier alpha value is -1.49. The zero-order chi connectivity index (χ0) is 11.2. The van der Waals surface area contributed by atoms with Gasteiger partial charge in [0.2, 0.25) is 0 Å². The molecule has 3 N–H and O–H groups in total. The molecule has 1 aromatic rings. The Bertz CT molecular complexity index is 441. The normalized spacial score (nSPS) is 17.5. The summed E-state index contributed by atoms with van der Waals surface area (Å²) in [7, 11) is 0. The van der Waals surface area contributed by atoms with Crippen LogP contribution in [0.3, 0.4) is 0 Å². The van der Waals surface area contributed by atoms with E-state index in [-0.39, 0.29) is 5.56 Å². The summed E-state index contributed by atoms with van der Waals surface area (Å²) in [6, 6.07) is 2.29. The van der Waals surface area contributed by atoms with Crippen LogP contribution in [-0.4, -0.2) is 11.1 Å². The highest BCUT2D eigenvalue weighted by Crippen LogP contribution is 2.44. The predicted molar refractivity (Wildman–Crippen MR) is 48.4 cm³/mol. The van der Waals surface area contributed by atoms with Gasteiger partial charge in [-0.3, -0.25) is 0 Å². The fraction of sp³-hybridized carbons (Fsp3) is 0.300. The summed E-state index contributed by atoms with van der Waals surface area (Å²) in [6.07, 6.45) is 1.19. The Balaban J connectivity index is 2.54. The molecule has 15 heavy (non-hydrogen) atoms. The number of hydrogen-bond acceptors (Lipinski definition) is 2. The van der Waals surface area contributed by atoms with E-state index in [9.17, 15) is 13.6 Å². The monoisotopic (exact) mass is 213 g/mol. The zero-order valence-corrected chi connectivity index (χ0v) is 7.76. The van der Waals surface area contributed by atoms with Gasteiger partial charge in [-0.2, -0.15) is 0 Å². The molecule has 0 aromatic heterocycles. The Morgan fingerprint density at radius 1 is 1.33 bits per heavy atom. The van der Waals surface area contributed by atoms with Crippen molar-refractivity contribution in [2.45, 2.75) is 18.4 Å². The first-order chi connectivity index (χ1) is 6.96. The summed E-state index contributed by atoms with van der Waals surface area (Å²) in [4.78, 5) is 10.5. The van der Waals surface area contributed by atoms with Crippen molar-refractivity contribution < 1.29 is 18.7 Å². The lowest BCUT2D eigenvalue weighted by Gasteiger charge is -2.11. The first-order valence-corrected chi connectivity index (χ1v) is 4.46. The minimum absolute atomic E-state index is 0.0602. The van der Waals surface area contributed by atoms with E-state index in [1.807, 2.05) is 0 Å². The Morgan fingerprint density at radius 2 is 1.93 bits per heavy atom. The molecule has 0 aliphatic heterocycles. The zero-order valence-electron chi connectivity index (χ0n) is 7.76. The average Bonchev–Trinajstić information content (AvgIpc) is 2.88. The summed E-state index contributed by atoms with van der Waals surface area (Å²) in [6.45, 7) is 0. The lowest BCUT2D eigenvalue weighted by atomic mass is 10.0. The van der Waals surface area contributed by atoms with Crippen molar-refractivity contribution in [1.82, 2.24) is 0 Å². The molecule has 1 aromatic carbocycles. The molecular weight excluding hydrogens is 204 g/mol. The van der Waals surface area contributed by atoms with Crippen LogP contribution >= 0.6 is 0 Å². The van der Waals surface area contributed by atoms with E-state index in [4.69, 9.17) is 10.8 Å². The van der Waals surface area contributed by atoms with Crippen LogP contribution in [0.15, 0.2) is 12.1 Å². The Morgan fingerprint density at radius 3 is 2.40 bits per heavy atom. The van der Waals surface area contributed by atoms with Gasteiger partial charge in [0.05, 0.1) is 5.56 Å². The first kappa shape index (κ1) is 10.0. The van der Waals surface area contributed by atoms with Gasteiger partial charge in [0.15, 0.2) is 11.6 Å². The molecule has 1 aliphatic carbocycles. The van der Waals surface area contributed by atoms with Gasteiger partial charge >= 0.3 is 5.97 Å². The number of rotatable bonds is 2. The number of hydrogen-bond donors (Lipinski definition) is 2. The summed E-state index contributed by atoms with van der Waals surface area (Å²) in [5.74, 6) is -3.97. The quantitative estimate of drug-likeness (QED) is 0.784. The van der Waals surface area contributed by atoms with E-state index < -0.39 is 28.7 Å². The van der Waals surface area contributed by atoms with Gasteiger partial charge in [0.25, 0.3) is 0 Å². The maximum Gasteiger partial charge on any atom is 0.338 e. The van der Waals surface area contributed by atoms with Crippen LogP contribution in [-0.2, 0) is 5.54 Å². The number of aromatic carboxylic acids is 1. The van der Waals surface area contributed by atoms with E-state index in [2.05, 4.69) is 0 Å². The molecule has 2 rings (SSSR count). The van der Waals surface area contributed by atoms with Crippen LogP contribution in [0.25, 0.3) is 0 Å². The van der Waals surface area contributed by atoms with Crippen molar-refractivity contribution >= 4 is 5.97 Å². The van der Waals surface area contributed by atoms with E-state index in [1.165, 1.54) is 6.07 Å². The molecule has 0 heterocycles. The number of halogens is 2. The molecule has 5 heteroatoms. The van der Waals surface area contributed by atoms with Crippen LogP contribution in [0, 0.1) is 11.6 Å². The van der Waals surface area contributed by atoms with Crippen molar-refractivity contribution in [2.75, 3.05) is 0 Å². The topological polar surface area (TPSA) is 63.3 Å². The summed E-state index contributed by atoms with van der Waals surface area (Å²) in [5, 5.41) is 8.56. The van der Waals surface area contributed by atoms with Crippen LogP contribution < -0.4 is 5.73 Å². The molecule has 0 amide bonds. The maximum atomic E-state index is 13.4. The maximum absolute atomic E-state index is 13.4. The third-order valence-corrected chi connectivity index (χ3v) is 2.64. The predicted octanol–water partition coefficient (Wildman–Crippen LogP) is 1.61. The highest BCUT2D eigenvalue weighted by molar-refractivity contribution is 5.88. The largest absolute Gasteiger partial charge is 0.478 e. The van der Waals surface area contributed by atoms with Gasteiger partial charge in [-0.25, -0.2) is 13.6 Å². The fourth-order valence-electron chi connectivity index (χ4n) is 1.50. The van der Waals surface area contributed by atoms with Gasteiger partial charge in [0, 0.05) is 11.1 Å². The van der Waals surface area contributed by atoms with Crippen molar-refractivity contribution in [3.05, 3.63) is 34.9 Å². The smallest absolute Gasteiger partial charge is 0.338 e. The molecule has 0 unspecified atom stereocenters. The van der Waals surface area contributed by atoms with Crippen molar-refractivity contribution in [2.24, 2.45) is 5.73 Å². The second-order valence-corrected chi connectivity index (χ2v) is 3.75. The SMILES string of the molecule is NC1(c2ccc(C(=O)O)c(F)c2F)CC1. The first-order valence-electron chi connectivity index (χ1n) is 4.46. The van der Waals surface area contributed by atoms with Crippen LogP contribution in [0.4, 0.5) is 8.78 Å². The highest BCUT2D eigenvalue weighted by atomic mass is 19.2. The number of benzene rings is 1. The van der Waals surface area contributed by atoms with Gasteiger partial charge in [-0.1, -0.05) is 6.07 Å². The van der Waals surface area contributed by atoms with Crippen LogP contribution in [0.1, 0.15) is 28.8 Å². The molecule has 0 radical (unpaired) electrons. The fourth-order valence-corrected chi connectivity index (χ4v) is 1.50. The highest BCUT2D eigenvalue weighted by Gasteiger charge is 2.43. The Kier molecular flexibility index (Phi) is 2.01. The van der Waals surface area contributed by atoms with Crippen LogP contribution in [0.2, 0.25) is 0 Å². The van der Waals surface area contributed by atoms with Gasteiger partial charge in [0.1, 0.15) is 0 Å². The van der Waals surface area contributed by atoms with E-state index >= 15 is 0 Å². The summed E-state index contributed by atoms with van der Waals surface area (Å²) >= 11 is 0. The van der Waals surface area contributed by atoms with Gasteiger partial charge < -0.3 is 10.8 Å². The van der Waals surface area contributed by atoms with E-state index in [1.54, 1.807) is 0 Å². The molecule has 0 bridgehead atoms. The lowest BCUT2D eigenvalue weighted by Crippen LogP contribution is -2.21.